The van der Waals surface area contributed by atoms with Gasteiger partial charge in [-0.2, -0.15) is 5.10 Å². The maximum absolute atomic E-state index is 4.65. The van der Waals surface area contributed by atoms with E-state index in [0.29, 0.717) is 0 Å². The first-order chi connectivity index (χ1) is 10.0. The Hall–Kier alpha value is -2.14. The summed E-state index contributed by atoms with van der Waals surface area (Å²) in [5.74, 6) is 0.963. The third-order valence-electron chi connectivity index (χ3n) is 3.84. The van der Waals surface area contributed by atoms with Gasteiger partial charge in [0.15, 0.2) is 0 Å². The topological polar surface area (TPSA) is 58.5 Å². The summed E-state index contributed by atoms with van der Waals surface area (Å²) in [6, 6.07) is 8.47. The fourth-order valence-corrected chi connectivity index (χ4v) is 2.76. The van der Waals surface area contributed by atoms with Crippen LogP contribution in [-0.4, -0.2) is 19.7 Å². The Balaban J connectivity index is 1.79. The molecular weight excluding hydrogens is 262 g/mol. The van der Waals surface area contributed by atoms with Gasteiger partial charge in [-0.15, -0.1) is 0 Å². The SMILES string of the molecule is Cc1nn(C)cc1C(C)NC(C)c1nc2ccccc2[nH]1. The molecule has 2 aromatic heterocycles. The van der Waals surface area contributed by atoms with Gasteiger partial charge in [0, 0.05) is 24.8 Å². The van der Waals surface area contributed by atoms with Gasteiger partial charge in [0.05, 0.1) is 22.8 Å². The number of para-hydroxylation sites is 2. The first-order valence-corrected chi connectivity index (χ1v) is 7.25. The Morgan fingerprint density at radius 2 is 1.95 bits per heavy atom. The Morgan fingerprint density at radius 1 is 1.19 bits per heavy atom. The van der Waals surface area contributed by atoms with Gasteiger partial charge in [-0.25, -0.2) is 4.98 Å². The number of rotatable bonds is 4. The lowest BCUT2D eigenvalue weighted by atomic mass is 10.1. The predicted octanol–water partition coefficient (Wildman–Crippen LogP) is 3.02. The van der Waals surface area contributed by atoms with Gasteiger partial charge < -0.3 is 10.3 Å². The summed E-state index contributed by atoms with van der Waals surface area (Å²) in [4.78, 5) is 8.03. The first kappa shape index (κ1) is 13.8. The van der Waals surface area contributed by atoms with Crippen LogP contribution < -0.4 is 5.32 Å². The average Bonchev–Trinajstić information content (AvgIpc) is 3.01. The molecule has 0 radical (unpaired) electrons. The third kappa shape index (κ3) is 2.69. The molecule has 2 atom stereocenters. The number of aromatic nitrogens is 4. The van der Waals surface area contributed by atoms with Crippen LogP contribution in [0.4, 0.5) is 0 Å². The third-order valence-corrected chi connectivity index (χ3v) is 3.84. The molecule has 2 unspecified atom stereocenters. The second-order valence-corrected chi connectivity index (χ2v) is 5.59. The first-order valence-electron chi connectivity index (χ1n) is 7.25. The summed E-state index contributed by atoms with van der Waals surface area (Å²) in [6.07, 6.45) is 2.07. The smallest absolute Gasteiger partial charge is 0.124 e. The van der Waals surface area contributed by atoms with Gasteiger partial charge >= 0.3 is 0 Å². The number of nitrogens with one attached hydrogen (secondary N) is 2. The number of benzene rings is 1. The van der Waals surface area contributed by atoms with Crippen LogP contribution in [0.3, 0.4) is 0 Å². The molecule has 0 amide bonds. The van der Waals surface area contributed by atoms with E-state index in [0.717, 1.165) is 22.6 Å². The lowest BCUT2D eigenvalue weighted by Crippen LogP contribution is -2.23. The van der Waals surface area contributed by atoms with Crippen LogP contribution in [-0.2, 0) is 7.05 Å². The van der Waals surface area contributed by atoms with Gasteiger partial charge in [0.2, 0.25) is 0 Å². The van der Waals surface area contributed by atoms with Crippen molar-refractivity contribution in [2.24, 2.45) is 7.05 Å². The molecule has 0 saturated heterocycles. The largest absolute Gasteiger partial charge is 0.341 e. The highest BCUT2D eigenvalue weighted by molar-refractivity contribution is 5.74. The minimum Gasteiger partial charge on any atom is -0.341 e. The van der Waals surface area contributed by atoms with Gasteiger partial charge in [-0.3, -0.25) is 4.68 Å². The molecule has 0 aliphatic rings. The zero-order valence-electron chi connectivity index (χ0n) is 12.9. The summed E-state index contributed by atoms with van der Waals surface area (Å²) in [5, 5.41) is 7.98. The zero-order chi connectivity index (χ0) is 15.0. The van der Waals surface area contributed by atoms with Crippen molar-refractivity contribution in [1.29, 1.82) is 0 Å². The fraction of sp³-hybridized carbons (Fsp3) is 0.375. The highest BCUT2D eigenvalue weighted by atomic mass is 15.3. The number of hydrogen-bond acceptors (Lipinski definition) is 3. The second-order valence-electron chi connectivity index (χ2n) is 5.59. The number of aryl methyl sites for hydroxylation is 2. The number of hydrogen-bond donors (Lipinski definition) is 2. The van der Waals surface area contributed by atoms with Crippen molar-refractivity contribution >= 4 is 11.0 Å². The average molecular weight is 283 g/mol. The lowest BCUT2D eigenvalue weighted by Gasteiger charge is -2.18. The highest BCUT2D eigenvalue weighted by Gasteiger charge is 2.17. The monoisotopic (exact) mass is 283 g/mol. The maximum Gasteiger partial charge on any atom is 0.124 e. The molecule has 0 saturated carbocycles. The van der Waals surface area contributed by atoms with Crippen molar-refractivity contribution in [2.75, 3.05) is 0 Å². The summed E-state index contributed by atoms with van der Waals surface area (Å²) in [7, 11) is 1.95. The Bertz CT molecular complexity index is 722. The highest BCUT2D eigenvalue weighted by Crippen LogP contribution is 2.21. The summed E-state index contributed by atoms with van der Waals surface area (Å²) < 4.78 is 1.86. The van der Waals surface area contributed by atoms with Crippen LogP contribution >= 0.6 is 0 Å². The molecule has 2 N–H and O–H groups in total. The van der Waals surface area contributed by atoms with Gasteiger partial charge in [0.25, 0.3) is 0 Å². The van der Waals surface area contributed by atoms with Gasteiger partial charge in [-0.05, 0) is 32.9 Å². The molecular formula is C16H21N5. The van der Waals surface area contributed by atoms with Crippen molar-refractivity contribution in [3.63, 3.8) is 0 Å². The minimum atomic E-state index is 0.145. The fourth-order valence-electron chi connectivity index (χ4n) is 2.76. The maximum atomic E-state index is 4.65. The summed E-state index contributed by atoms with van der Waals surface area (Å²) >= 11 is 0. The van der Waals surface area contributed by atoms with Crippen molar-refractivity contribution in [1.82, 2.24) is 25.1 Å². The normalized spacial score (nSPS) is 14.5. The van der Waals surface area contributed by atoms with Crippen LogP contribution in [0, 0.1) is 6.92 Å². The van der Waals surface area contributed by atoms with E-state index in [1.807, 2.05) is 42.9 Å². The molecule has 0 fully saturated rings. The minimum absolute atomic E-state index is 0.145. The van der Waals surface area contributed by atoms with Crippen LogP contribution in [0.15, 0.2) is 30.5 Å². The van der Waals surface area contributed by atoms with E-state index >= 15 is 0 Å². The number of aromatic amines is 1. The van der Waals surface area contributed by atoms with Crippen LogP contribution in [0.5, 0.6) is 0 Å². The molecule has 2 heterocycles. The molecule has 0 bridgehead atoms. The molecule has 3 rings (SSSR count). The summed E-state index contributed by atoms with van der Waals surface area (Å²) in [6.45, 7) is 6.32. The van der Waals surface area contributed by atoms with Gasteiger partial charge in [-0.1, -0.05) is 12.1 Å². The van der Waals surface area contributed by atoms with E-state index in [2.05, 4.69) is 40.4 Å². The van der Waals surface area contributed by atoms with Crippen molar-refractivity contribution in [3.8, 4) is 0 Å². The Labute approximate surface area is 124 Å². The van der Waals surface area contributed by atoms with Crippen LogP contribution in [0.2, 0.25) is 0 Å². The second kappa shape index (κ2) is 5.33. The van der Waals surface area contributed by atoms with E-state index in [-0.39, 0.29) is 12.1 Å². The number of H-pyrrole nitrogens is 1. The van der Waals surface area contributed by atoms with E-state index in [4.69, 9.17) is 0 Å². The van der Waals surface area contributed by atoms with E-state index in [9.17, 15) is 0 Å². The predicted molar refractivity (Wildman–Crippen MR) is 84.0 cm³/mol. The molecule has 5 heteroatoms. The van der Waals surface area contributed by atoms with E-state index < -0.39 is 0 Å². The molecule has 0 spiro atoms. The molecule has 5 nitrogen and oxygen atoms in total. The Morgan fingerprint density at radius 3 is 2.62 bits per heavy atom. The van der Waals surface area contributed by atoms with E-state index in [1.54, 1.807) is 0 Å². The van der Waals surface area contributed by atoms with Crippen molar-refractivity contribution in [2.45, 2.75) is 32.9 Å². The van der Waals surface area contributed by atoms with Crippen molar-refractivity contribution < 1.29 is 0 Å². The van der Waals surface area contributed by atoms with Gasteiger partial charge in [0.1, 0.15) is 5.82 Å². The van der Waals surface area contributed by atoms with Crippen LogP contribution in [0.25, 0.3) is 11.0 Å². The van der Waals surface area contributed by atoms with Crippen LogP contribution in [0.1, 0.15) is 43.0 Å². The van der Waals surface area contributed by atoms with E-state index in [1.165, 1.54) is 5.56 Å². The molecule has 0 aliphatic carbocycles. The lowest BCUT2D eigenvalue weighted by molar-refractivity contribution is 0.478. The summed E-state index contributed by atoms with van der Waals surface area (Å²) in [5.41, 5.74) is 4.37. The standard InChI is InChI=1S/C16H21N5/c1-10(13-9-21(4)20-11(13)2)17-12(3)16-18-14-7-5-6-8-15(14)19-16/h5-10,12,17H,1-4H3,(H,18,19). The molecule has 110 valence electrons. The number of fused-ring (bicyclic) bond motifs is 1. The Kier molecular flexibility index (Phi) is 3.51. The molecule has 21 heavy (non-hydrogen) atoms. The van der Waals surface area contributed by atoms with Crippen molar-refractivity contribution in [3.05, 3.63) is 47.5 Å². The molecule has 0 aliphatic heterocycles. The quantitative estimate of drug-likeness (QED) is 0.774. The molecule has 1 aromatic carbocycles. The number of imidazole rings is 1. The zero-order valence-corrected chi connectivity index (χ0v) is 12.9. The molecule has 3 aromatic rings. The number of nitrogens with zero attached hydrogens (tertiary/aromatic N) is 3.